The minimum Gasteiger partial charge on any atom is -0.497 e. The van der Waals surface area contributed by atoms with E-state index in [0.29, 0.717) is 12.0 Å². The topological polar surface area (TPSA) is 30.5 Å². The summed E-state index contributed by atoms with van der Waals surface area (Å²) < 4.78 is 10.7. The Kier molecular flexibility index (Phi) is 6.76. The van der Waals surface area contributed by atoms with E-state index in [0.717, 1.165) is 25.5 Å². The molecule has 1 atom stereocenters. The Labute approximate surface area is 110 Å². The number of ether oxygens (including phenoxy) is 2. The van der Waals surface area contributed by atoms with E-state index in [4.69, 9.17) is 9.47 Å². The lowest BCUT2D eigenvalue weighted by molar-refractivity contribution is 0.110. The van der Waals surface area contributed by atoms with Crippen molar-refractivity contribution < 1.29 is 9.47 Å². The number of nitrogens with one attached hydrogen (secondary N) is 1. The van der Waals surface area contributed by atoms with Crippen molar-refractivity contribution in [3.8, 4) is 5.75 Å². The van der Waals surface area contributed by atoms with Gasteiger partial charge in [-0.1, -0.05) is 26.0 Å². The van der Waals surface area contributed by atoms with Crippen LogP contribution < -0.4 is 10.1 Å². The first kappa shape index (κ1) is 15.0. The Morgan fingerprint density at radius 3 is 2.33 bits per heavy atom. The minimum absolute atomic E-state index is 0.332. The average molecular weight is 251 g/mol. The fourth-order valence-electron chi connectivity index (χ4n) is 1.68. The van der Waals surface area contributed by atoms with Gasteiger partial charge in [-0.25, -0.2) is 0 Å². The van der Waals surface area contributed by atoms with Crippen molar-refractivity contribution in [3.05, 3.63) is 29.8 Å². The molecule has 1 rings (SSSR count). The van der Waals surface area contributed by atoms with E-state index in [1.807, 2.05) is 12.1 Å². The van der Waals surface area contributed by atoms with Crippen LogP contribution >= 0.6 is 0 Å². The van der Waals surface area contributed by atoms with Gasteiger partial charge < -0.3 is 14.8 Å². The van der Waals surface area contributed by atoms with E-state index in [9.17, 15) is 0 Å². The van der Waals surface area contributed by atoms with E-state index in [-0.39, 0.29) is 0 Å². The van der Waals surface area contributed by atoms with Gasteiger partial charge in [0.25, 0.3) is 0 Å². The van der Waals surface area contributed by atoms with Gasteiger partial charge in [-0.05, 0) is 30.5 Å². The number of rotatable bonds is 8. The molecule has 3 nitrogen and oxygen atoms in total. The third kappa shape index (κ3) is 5.52. The molecule has 0 aromatic heterocycles. The van der Waals surface area contributed by atoms with Gasteiger partial charge in [0.1, 0.15) is 5.75 Å². The molecule has 0 spiro atoms. The molecular formula is C15H25NO2. The van der Waals surface area contributed by atoms with E-state index < -0.39 is 0 Å². The Bertz CT molecular complexity index is 322. The molecule has 3 heteroatoms. The van der Waals surface area contributed by atoms with Crippen LogP contribution in [0.25, 0.3) is 0 Å². The van der Waals surface area contributed by atoms with E-state index in [1.165, 1.54) is 5.56 Å². The summed E-state index contributed by atoms with van der Waals surface area (Å²) in [7, 11) is 1.68. The fraction of sp³-hybridized carbons (Fsp3) is 0.600. The van der Waals surface area contributed by atoms with Gasteiger partial charge in [-0.15, -0.1) is 0 Å². The van der Waals surface area contributed by atoms with Crippen molar-refractivity contribution in [2.24, 2.45) is 5.92 Å². The third-order valence-electron chi connectivity index (χ3n) is 2.76. The fourth-order valence-corrected chi connectivity index (χ4v) is 1.68. The molecule has 102 valence electrons. The molecule has 0 amide bonds. The average Bonchev–Trinajstić information content (AvgIpc) is 2.38. The summed E-state index contributed by atoms with van der Waals surface area (Å²) in [6.07, 6.45) is 0. The van der Waals surface area contributed by atoms with Crippen LogP contribution in [0.2, 0.25) is 0 Å². The quantitative estimate of drug-likeness (QED) is 0.720. The number of hydrogen-bond donors (Lipinski definition) is 1. The highest BCUT2D eigenvalue weighted by atomic mass is 16.5. The second-order valence-electron chi connectivity index (χ2n) is 4.92. The molecule has 0 unspecified atom stereocenters. The second kappa shape index (κ2) is 8.11. The maximum Gasteiger partial charge on any atom is 0.118 e. The first-order valence-electron chi connectivity index (χ1n) is 6.58. The first-order valence-corrected chi connectivity index (χ1v) is 6.58. The van der Waals surface area contributed by atoms with Crippen LogP contribution in [0.5, 0.6) is 5.75 Å². The van der Waals surface area contributed by atoms with Crippen LogP contribution in [0.3, 0.4) is 0 Å². The van der Waals surface area contributed by atoms with Gasteiger partial charge in [0.15, 0.2) is 0 Å². The maximum absolute atomic E-state index is 5.54. The molecule has 1 aromatic rings. The molecule has 0 aliphatic rings. The standard InChI is InChI=1S/C15H25NO2/c1-12(2)11-18-10-9-16-13(3)14-5-7-15(17-4)8-6-14/h5-8,12-13,16H,9-11H2,1-4H3/t13-/m1/s1. The lowest BCUT2D eigenvalue weighted by Gasteiger charge is -2.15. The van der Waals surface area contributed by atoms with Crippen molar-refractivity contribution in [1.29, 1.82) is 0 Å². The zero-order valence-electron chi connectivity index (χ0n) is 11.9. The van der Waals surface area contributed by atoms with Crippen LogP contribution in [0, 0.1) is 5.92 Å². The summed E-state index contributed by atoms with van der Waals surface area (Å²) in [6.45, 7) is 8.95. The molecule has 0 bridgehead atoms. The molecule has 0 fully saturated rings. The van der Waals surface area contributed by atoms with Gasteiger partial charge in [-0.3, -0.25) is 0 Å². The Balaban J connectivity index is 2.25. The summed E-state index contributed by atoms with van der Waals surface area (Å²) in [6, 6.07) is 8.49. The third-order valence-corrected chi connectivity index (χ3v) is 2.76. The molecule has 0 saturated carbocycles. The van der Waals surface area contributed by atoms with Gasteiger partial charge in [0, 0.05) is 19.2 Å². The molecule has 0 aliphatic heterocycles. The summed E-state index contributed by atoms with van der Waals surface area (Å²) in [5.74, 6) is 1.50. The summed E-state index contributed by atoms with van der Waals surface area (Å²) in [5.41, 5.74) is 1.26. The predicted molar refractivity (Wildman–Crippen MR) is 75.1 cm³/mol. The van der Waals surface area contributed by atoms with E-state index in [1.54, 1.807) is 7.11 Å². The SMILES string of the molecule is COc1ccc([C@@H](C)NCCOCC(C)C)cc1. The van der Waals surface area contributed by atoms with Gasteiger partial charge in [0.2, 0.25) is 0 Å². The summed E-state index contributed by atoms with van der Waals surface area (Å²) >= 11 is 0. The highest BCUT2D eigenvalue weighted by Gasteiger charge is 2.04. The number of methoxy groups -OCH3 is 1. The monoisotopic (exact) mass is 251 g/mol. The van der Waals surface area contributed by atoms with Gasteiger partial charge in [0.05, 0.1) is 13.7 Å². The van der Waals surface area contributed by atoms with Crippen molar-refractivity contribution >= 4 is 0 Å². The van der Waals surface area contributed by atoms with Crippen LogP contribution in [0.15, 0.2) is 24.3 Å². The largest absolute Gasteiger partial charge is 0.497 e. The Morgan fingerprint density at radius 2 is 1.78 bits per heavy atom. The van der Waals surface area contributed by atoms with Crippen LogP contribution in [-0.2, 0) is 4.74 Å². The highest BCUT2D eigenvalue weighted by Crippen LogP contribution is 2.16. The first-order chi connectivity index (χ1) is 8.63. The molecule has 0 heterocycles. The van der Waals surface area contributed by atoms with Crippen LogP contribution in [0.4, 0.5) is 0 Å². The second-order valence-corrected chi connectivity index (χ2v) is 4.92. The number of benzene rings is 1. The van der Waals surface area contributed by atoms with Crippen molar-refractivity contribution in [3.63, 3.8) is 0 Å². The molecule has 0 aliphatic carbocycles. The molecular weight excluding hydrogens is 226 g/mol. The molecule has 1 N–H and O–H groups in total. The van der Waals surface area contributed by atoms with Crippen molar-refractivity contribution in [2.45, 2.75) is 26.8 Å². The van der Waals surface area contributed by atoms with Crippen molar-refractivity contribution in [1.82, 2.24) is 5.32 Å². The van der Waals surface area contributed by atoms with Crippen LogP contribution in [0.1, 0.15) is 32.4 Å². The maximum atomic E-state index is 5.54. The zero-order chi connectivity index (χ0) is 13.4. The van der Waals surface area contributed by atoms with Gasteiger partial charge in [-0.2, -0.15) is 0 Å². The smallest absolute Gasteiger partial charge is 0.118 e. The van der Waals surface area contributed by atoms with Crippen LogP contribution in [-0.4, -0.2) is 26.9 Å². The Morgan fingerprint density at radius 1 is 1.11 bits per heavy atom. The summed E-state index contributed by atoms with van der Waals surface area (Å²) in [5, 5.41) is 3.44. The molecule has 0 radical (unpaired) electrons. The molecule has 0 saturated heterocycles. The highest BCUT2D eigenvalue weighted by molar-refractivity contribution is 5.28. The minimum atomic E-state index is 0.332. The van der Waals surface area contributed by atoms with E-state index in [2.05, 4.69) is 38.2 Å². The van der Waals surface area contributed by atoms with E-state index >= 15 is 0 Å². The van der Waals surface area contributed by atoms with Gasteiger partial charge >= 0.3 is 0 Å². The number of hydrogen-bond acceptors (Lipinski definition) is 3. The lowest BCUT2D eigenvalue weighted by Crippen LogP contribution is -2.23. The lowest BCUT2D eigenvalue weighted by atomic mass is 10.1. The predicted octanol–water partition coefficient (Wildman–Crippen LogP) is 3.02. The van der Waals surface area contributed by atoms with Crippen molar-refractivity contribution in [2.75, 3.05) is 26.9 Å². The molecule has 1 aromatic carbocycles. The Hall–Kier alpha value is -1.06. The normalized spacial score (nSPS) is 12.7. The summed E-state index contributed by atoms with van der Waals surface area (Å²) in [4.78, 5) is 0. The zero-order valence-corrected chi connectivity index (χ0v) is 11.9. The molecule has 18 heavy (non-hydrogen) atoms.